The average Bonchev–Trinajstić information content (AvgIpc) is 2.92. The van der Waals surface area contributed by atoms with Crippen LogP contribution in [0.1, 0.15) is 11.1 Å². The third-order valence-corrected chi connectivity index (χ3v) is 3.58. The van der Waals surface area contributed by atoms with E-state index in [-0.39, 0.29) is 11.4 Å². The van der Waals surface area contributed by atoms with Gasteiger partial charge in [-0.2, -0.15) is 5.26 Å². The Hall–Kier alpha value is -3.46. The molecule has 0 aliphatic rings. The van der Waals surface area contributed by atoms with Gasteiger partial charge in [-0.05, 0) is 35.9 Å². The van der Waals surface area contributed by atoms with Gasteiger partial charge in [0, 0.05) is 29.9 Å². The van der Waals surface area contributed by atoms with Gasteiger partial charge in [-0.3, -0.25) is 0 Å². The number of fused-ring (bicyclic) bond motifs is 1. The standard InChI is InChI=1S/C18H12FN3O2/c19-15-5-3-12(4-6-15)10-22-11-14(8-13(9-20)18(23)24)16-2-1-7-21-17(16)22/h1-8,11H,10H2,(H,23,24)/b13-8+. The number of halogens is 1. The van der Waals surface area contributed by atoms with Crippen molar-refractivity contribution in [2.24, 2.45) is 0 Å². The summed E-state index contributed by atoms with van der Waals surface area (Å²) in [6.45, 7) is 0.455. The Morgan fingerprint density at radius 1 is 1.33 bits per heavy atom. The minimum absolute atomic E-state index is 0.307. The number of aliphatic carboxylic acids is 1. The minimum Gasteiger partial charge on any atom is -0.477 e. The molecule has 0 saturated heterocycles. The molecule has 2 heterocycles. The number of hydrogen-bond donors (Lipinski definition) is 1. The molecular formula is C18H12FN3O2. The van der Waals surface area contributed by atoms with Gasteiger partial charge >= 0.3 is 5.97 Å². The zero-order chi connectivity index (χ0) is 17.1. The van der Waals surface area contributed by atoms with E-state index >= 15 is 0 Å². The number of aromatic nitrogens is 2. The highest BCUT2D eigenvalue weighted by Gasteiger charge is 2.12. The molecule has 0 atom stereocenters. The fourth-order valence-corrected chi connectivity index (χ4v) is 2.47. The number of rotatable bonds is 4. The summed E-state index contributed by atoms with van der Waals surface area (Å²) in [7, 11) is 0. The first kappa shape index (κ1) is 15.4. The zero-order valence-corrected chi connectivity index (χ0v) is 12.5. The second-order valence-electron chi connectivity index (χ2n) is 5.19. The van der Waals surface area contributed by atoms with Gasteiger partial charge in [0.1, 0.15) is 23.1 Å². The van der Waals surface area contributed by atoms with Crippen LogP contribution in [0.15, 0.2) is 54.4 Å². The van der Waals surface area contributed by atoms with Crippen LogP contribution in [0.5, 0.6) is 0 Å². The van der Waals surface area contributed by atoms with Gasteiger partial charge in [0.15, 0.2) is 0 Å². The van der Waals surface area contributed by atoms with E-state index in [1.807, 2.05) is 10.6 Å². The van der Waals surface area contributed by atoms with Crippen molar-refractivity contribution in [2.45, 2.75) is 6.54 Å². The quantitative estimate of drug-likeness (QED) is 0.591. The second kappa shape index (κ2) is 6.34. The van der Waals surface area contributed by atoms with Crippen molar-refractivity contribution >= 4 is 23.1 Å². The summed E-state index contributed by atoms with van der Waals surface area (Å²) in [4.78, 5) is 15.4. The molecule has 0 aliphatic heterocycles. The summed E-state index contributed by atoms with van der Waals surface area (Å²) in [5.41, 5.74) is 1.79. The molecule has 1 aromatic carbocycles. The lowest BCUT2D eigenvalue weighted by Crippen LogP contribution is -1.99. The fraction of sp³-hybridized carbons (Fsp3) is 0.0556. The number of carboxylic acids is 1. The van der Waals surface area contributed by atoms with Crippen LogP contribution in [0.3, 0.4) is 0 Å². The highest BCUT2D eigenvalue weighted by Crippen LogP contribution is 2.23. The molecule has 6 heteroatoms. The summed E-state index contributed by atoms with van der Waals surface area (Å²) >= 11 is 0. The molecule has 5 nitrogen and oxygen atoms in total. The second-order valence-corrected chi connectivity index (χ2v) is 5.19. The zero-order valence-electron chi connectivity index (χ0n) is 12.5. The Morgan fingerprint density at radius 2 is 2.08 bits per heavy atom. The van der Waals surface area contributed by atoms with Crippen molar-refractivity contribution in [3.63, 3.8) is 0 Å². The van der Waals surface area contributed by atoms with Gasteiger partial charge in [-0.15, -0.1) is 0 Å². The maximum atomic E-state index is 13.0. The smallest absolute Gasteiger partial charge is 0.346 e. The van der Waals surface area contributed by atoms with E-state index in [1.54, 1.807) is 36.7 Å². The normalized spacial score (nSPS) is 11.4. The van der Waals surface area contributed by atoms with Crippen LogP contribution in [0, 0.1) is 17.1 Å². The lowest BCUT2D eigenvalue weighted by Gasteiger charge is -2.04. The van der Waals surface area contributed by atoms with Gasteiger partial charge in [-0.25, -0.2) is 14.2 Å². The Labute approximate surface area is 136 Å². The topological polar surface area (TPSA) is 78.9 Å². The number of pyridine rings is 1. The van der Waals surface area contributed by atoms with Crippen LogP contribution in [0.2, 0.25) is 0 Å². The van der Waals surface area contributed by atoms with Gasteiger partial charge in [0.2, 0.25) is 0 Å². The molecule has 0 aliphatic carbocycles. The first-order chi connectivity index (χ1) is 11.6. The van der Waals surface area contributed by atoms with E-state index in [2.05, 4.69) is 4.98 Å². The maximum absolute atomic E-state index is 13.0. The largest absolute Gasteiger partial charge is 0.477 e. The molecule has 0 radical (unpaired) electrons. The van der Waals surface area contributed by atoms with Gasteiger partial charge < -0.3 is 9.67 Å². The Morgan fingerprint density at radius 3 is 2.75 bits per heavy atom. The number of benzene rings is 1. The first-order valence-corrected chi connectivity index (χ1v) is 7.12. The summed E-state index contributed by atoms with van der Waals surface area (Å²) in [5, 5.41) is 18.7. The van der Waals surface area contributed by atoms with Crippen LogP contribution in [0.4, 0.5) is 4.39 Å². The van der Waals surface area contributed by atoms with Gasteiger partial charge in [-0.1, -0.05) is 12.1 Å². The van der Waals surface area contributed by atoms with E-state index in [0.717, 1.165) is 10.9 Å². The predicted molar refractivity (Wildman–Crippen MR) is 86.5 cm³/mol. The summed E-state index contributed by atoms with van der Waals surface area (Å²) in [6.07, 6.45) is 4.70. The van der Waals surface area contributed by atoms with Crippen molar-refractivity contribution in [2.75, 3.05) is 0 Å². The predicted octanol–water partition coefficient (Wildman–Crippen LogP) is 3.22. The molecule has 0 saturated carbocycles. The van der Waals surface area contributed by atoms with E-state index < -0.39 is 5.97 Å². The monoisotopic (exact) mass is 321 g/mol. The maximum Gasteiger partial charge on any atom is 0.346 e. The third-order valence-electron chi connectivity index (χ3n) is 3.58. The van der Waals surface area contributed by atoms with Crippen LogP contribution >= 0.6 is 0 Å². The number of nitrogens with zero attached hydrogens (tertiary/aromatic N) is 3. The van der Waals surface area contributed by atoms with Crippen LogP contribution in [-0.2, 0) is 11.3 Å². The molecular weight excluding hydrogens is 309 g/mol. The van der Waals surface area contributed by atoms with E-state index in [1.165, 1.54) is 18.2 Å². The highest BCUT2D eigenvalue weighted by molar-refractivity contribution is 5.99. The van der Waals surface area contributed by atoms with Crippen molar-refractivity contribution in [1.29, 1.82) is 5.26 Å². The molecule has 1 N–H and O–H groups in total. The summed E-state index contributed by atoms with van der Waals surface area (Å²) < 4.78 is 14.9. The van der Waals surface area contributed by atoms with Gasteiger partial charge in [0.25, 0.3) is 0 Å². The SMILES string of the molecule is N#C/C(=C\c1cn(Cc2ccc(F)cc2)c2ncccc12)C(=O)O. The molecule has 24 heavy (non-hydrogen) atoms. The highest BCUT2D eigenvalue weighted by atomic mass is 19.1. The number of nitriles is 1. The molecule has 3 aromatic rings. The first-order valence-electron chi connectivity index (χ1n) is 7.12. The summed E-state index contributed by atoms with van der Waals surface area (Å²) in [6, 6.07) is 11.3. The van der Waals surface area contributed by atoms with Crippen LogP contribution in [0.25, 0.3) is 17.1 Å². The lowest BCUT2D eigenvalue weighted by molar-refractivity contribution is -0.132. The Bertz CT molecular complexity index is 982. The summed E-state index contributed by atoms with van der Waals surface area (Å²) in [5.74, 6) is -1.58. The van der Waals surface area contributed by atoms with E-state index in [4.69, 9.17) is 10.4 Å². The Balaban J connectivity index is 2.08. The number of hydrogen-bond acceptors (Lipinski definition) is 3. The molecule has 0 unspecified atom stereocenters. The molecule has 118 valence electrons. The lowest BCUT2D eigenvalue weighted by atomic mass is 10.1. The number of carboxylic acid groups (broad SMARTS) is 1. The molecule has 0 spiro atoms. The van der Waals surface area contributed by atoms with E-state index in [0.29, 0.717) is 17.8 Å². The van der Waals surface area contributed by atoms with E-state index in [9.17, 15) is 9.18 Å². The van der Waals surface area contributed by atoms with Gasteiger partial charge in [0.05, 0.1) is 0 Å². The van der Waals surface area contributed by atoms with Crippen molar-refractivity contribution in [1.82, 2.24) is 9.55 Å². The van der Waals surface area contributed by atoms with Crippen molar-refractivity contribution in [3.8, 4) is 6.07 Å². The van der Waals surface area contributed by atoms with Crippen molar-refractivity contribution in [3.05, 3.63) is 71.3 Å². The van der Waals surface area contributed by atoms with Crippen LogP contribution in [-0.4, -0.2) is 20.6 Å². The average molecular weight is 321 g/mol. The number of carbonyl (C=O) groups is 1. The van der Waals surface area contributed by atoms with Crippen molar-refractivity contribution < 1.29 is 14.3 Å². The molecule has 0 fully saturated rings. The molecule has 3 rings (SSSR count). The Kier molecular flexibility index (Phi) is 4.08. The fourth-order valence-electron chi connectivity index (χ4n) is 2.47. The third kappa shape index (κ3) is 3.01. The van der Waals surface area contributed by atoms with Crippen LogP contribution < -0.4 is 0 Å². The molecule has 2 aromatic heterocycles. The molecule has 0 bridgehead atoms. The minimum atomic E-state index is -1.28. The molecule has 0 amide bonds.